The van der Waals surface area contributed by atoms with E-state index in [1.807, 2.05) is 38.3 Å². The molecule has 2 nitrogen and oxygen atoms in total. The Kier molecular flexibility index (Phi) is 3.47. The Balaban J connectivity index is 2.76. The van der Waals surface area contributed by atoms with E-state index in [0.717, 1.165) is 11.4 Å². The van der Waals surface area contributed by atoms with Crippen LogP contribution in [0.15, 0.2) is 17.5 Å². The molecule has 2 atom stereocenters. The first kappa shape index (κ1) is 10.7. The monoisotopic (exact) mass is 199 g/mol. The highest BCUT2D eigenvalue weighted by molar-refractivity contribution is 7.10. The van der Waals surface area contributed by atoms with Gasteiger partial charge < -0.3 is 10.4 Å². The lowest BCUT2D eigenvalue weighted by atomic mass is 9.96. The minimum Gasteiger partial charge on any atom is -0.383 e. The minimum atomic E-state index is -0.760. The molecular weight excluding hydrogens is 182 g/mol. The second-order valence-electron chi connectivity index (χ2n) is 3.40. The highest BCUT2D eigenvalue weighted by Gasteiger charge is 2.30. The standard InChI is InChI=1S/C10H17NOS/c1-4-11-8(2)10(3,12)9-6-5-7-13-9/h5-8,11-12H,4H2,1-3H3. The molecule has 0 radical (unpaired) electrons. The molecule has 2 unspecified atom stereocenters. The maximum atomic E-state index is 10.2. The number of hydrogen-bond donors (Lipinski definition) is 2. The molecule has 74 valence electrons. The number of rotatable bonds is 4. The molecule has 3 heteroatoms. The predicted molar refractivity (Wildman–Crippen MR) is 57.0 cm³/mol. The molecule has 2 N–H and O–H groups in total. The van der Waals surface area contributed by atoms with Gasteiger partial charge in [0.15, 0.2) is 0 Å². The summed E-state index contributed by atoms with van der Waals surface area (Å²) in [6, 6.07) is 4.02. The first-order valence-electron chi connectivity index (χ1n) is 4.58. The van der Waals surface area contributed by atoms with Gasteiger partial charge in [-0.3, -0.25) is 0 Å². The van der Waals surface area contributed by atoms with E-state index in [1.54, 1.807) is 11.3 Å². The van der Waals surface area contributed by atoms with Crippen LogP contribution >= 0.6 is 11.3 Å². The molecule has 0 aliphatic rings. The number of likely N-dealkylation sites (N-methyl/N-ethyl adjacent to an activating group) is 1. The summed E-state index contributed by atoms with van der Waals surface area (Å²) in [5.41, 5.74) is -0.760. The zero-order valence-electron chi connectivity index (χ0n) is 8.37. The van der Waals surface area contributed by atoms with Crippen molar-refractivity contribution in [2.24, 2.45) is 0 Å². The van der Waals surface area contributed by atoms with Crippen LogP contribution in [0.3, 0.4) is 0 Å². The quantitative estimate of drug-likeness (QED) is 0.777. The third-order valence-electron chi connectivity index (χ3n) is 2.37. The molecule has 13 heavy (non-hydrogen) atoms. The van der Waals surface area contributed by atoms with Crippen LogP contribution < -0.4 is 5.32 Å². The Morgan fingerprint density at radius 3 is 2.85 bits per heavy atom. The number of thiophene rings is 1. The first-order chi connectivity index (χ1) is 6.09. The van der Waals surface area contributed by atoms with Gasteiger partial charge in [-0.1, -0.05) is 13.0 Å². The second-order valence-corrected chi connectivity index (χ2v) is 4.35. The van der Waals surface area contributed by atoms with Crippen molar-refractivity contribution < 1.29 is 5.11 Å². The fourth-order valence-corrected chi connectivity index (χ4v) is 2.16. The van der Waals surface area contributed by atoms with Crippen molar-refractivity contribution in [1.82, 2.24) is 5.32 Å². The Morgan fingerprint density at radius 1 is 1.69 bits per heavy atom. The molecule has 1 aromatic heterocycles. The maximum Gasteiger partial charge on any atom is 0.111 e. The van der Waals surface area contributed by atoms with E-state index < -0.39 is 5.60 Å². The van der Waals surface area contributed by atoms with Crippen molar-refractivity contribution in [3.63, 3.8) is 0 Å². The van der Waals surface area contributed by atoms with Crippen molar-refractivity contribution >= 4 is 11.3 Å². The molecule has 1 aromatic rings. The molecule has 0 bridgehead atoms. The molecule has 1 rings (SSSR count). The second kappa shape index (κ2) is 4.22. The third kappa shape index (κ3) is 2.30. The van der Waals surface area contributed by atoms with Gasteiger partial charge in [0.1, 0.15) is 5.60 Å². The molecule has 0 spiro atoms. The highest BCUT2D eigenvalue weighted by atomic mass is 32.1. The van der Waals surface area contributed by atoms with Crippen molar-refractivity contribution in [2.45, 2.75) is 32.4 Å². The van der Waals surface area contributed by atoms with Gasteiger partial charge in [-0.25, -0.2) is 0 Å². The molecule has 1 heterocycles. The van der Waals surface area contributed by atoms with Gasteiger partial charge in [0, 0.05) is 10.9 Å². The summed E-state index contributed by atoms with van der Waals surface area (Å²) in [4.78, 5) is 1.01. The number of nitrogens with one attached hydrogen (secondary N) is 1. The average Bonchev–Trinajstić information content (AvgIpc) is 2.56. The van der Waals surface area contributed by atoms with E-state index in [2.05, 4.69) is 5.32 Å². The predicted octanol–water partition coefficient (Wildman–Crippen LogP) is 1.95. The number of hydrogen-bond acceptors (Lipinski definition) is 3. The van der Waals surface area contributed by atoms with Gasteiger partial charge in [0.25, 0.3) is 0 Å². The van der Waals surface area contributed by atoms with Crippen LogP contribution in [-0.4, -0.2) is 17.7 Å². The van der Waals surface area contributed by atoms with Gasteiger partial charge >= 0.3 is 0 Å². The lowest BCUT2D eigenvalue weighted by molar-refractivity contribution is 0.0257. The first-order valence-corrected chi connectivity index (χ1v) is 5.46. The van der Waals surface area contributed by atoms with Crippen molar-refractivity contribution in [2.75, 3.05) is 6.54 Å². The third-order valence-corrected chi connectivity index (χ3v) is 3.47. The van der Waals surface area contributed by atoms with E-state index in [4.69, 9.17) is 0 Å². The topological polar surface area (TPSA) is 32.3 Å². The van der Waals surface area contributed by atoms with Crippen LogP contribution in [0.2, 0.25) is 0 Å². The van der Waals surface area contributed by atoms with Crippen LogP contribution in [0.25, 0.3) is 0 Å². The molecule has 0 aliphatic heterocycles. The molecule has 0 saturated heterocycles. The largest absolute Gasteiger partial charge is 0.383 e. The van der Waals surface area contributed by atoms with Crippen LogP contribution in [0.4, 0.5) is 0 Å². The molecular formula is C10H17NOS. The van der Waals surface area contributed by atoms with Crippen molar-refractivity contribution in [3.8, 4) is 0 Å². The molecule has 0 fully saturated rings. The Morgan fingerprint density at radius 2 is 2.38 bits per heavy atom. The summed E-state index contributed by atoms with van der Waals surface area (Å²) < 4.78 is 0. The van der Waals surface area contributed by atoms with Gasteiger partial charge in [0.05, 0.1) is 0 Å². The van der Waals surface area contributed by atoms with E-state index >= 15 is 0 Å². The smallest absolute Gasteiger partial charge is 0.111 e. The van der Waals surface area contributed by atoms with Gasteiger partial charge in [-0.2, -0.15) is 0 Å². The van der Waals surface area contributed by atoms with Gasteiger partial charge in [-0.05, 0) is 31.8 Å². The van der Waals surface area contributed by atoms with Crippen LogP contribution in [0.5, 0.6) is 0 Å². The van der Waals surface area contributed by atoms with Crippen LogP contribution in [0.1, 0.15) is 25.6 Å². The molecule has 0 amide bonds. The Bertz CT molecular complexity index is 243. The van der Waals surface area contributed by atoms with Crippen molar-refractivity contribution in [1.29, 1.82) is 0 Å². The fraction of sp³-hybridized carbons (Fsp3) is 0.600. The Labute approximate surface area is 83.6 Å². The highest BCUT2D eigenvalue weighted by Crippen LogP contribution is 2.28. The van der Waals surface area contributed by atoms with E-state index in [9.17, 15) is 5.11 Å². The summed E-state index contributed by atoms with van der Waals surface area (Å²) in [7, 11) is 0. The lowest BCUT2D eigenvalue weighted by Crippen LogP contribution is -2.43. The molecule has 0 saturated carbocycles. The lowest BCUT2D eigenvalue weighted by Gasteiger charge is -2.29. The normalized spacial score (nSPS) is 18.2. The average molecular weight is 199 g/mol. The van der Waals surface area contributed by atoms with E-state index in [-0.39, 0.29) is 6.04 Å². The Hall–Kier alpha value is -0.380. The van der Waals surface area contributed by atoms with Crippen molar-refractivity contribution in [3.05, 3.63) is 22.4 Å². The zero-order valence-corrected chi connectivity index (χ0v) is 9.19. The maximum absolute atomic E-state index is 10.2. The van der Waals surface area contributed by atoms with E-state index in [0.29, 0.717) is 0 Å². The summed E-state index contributed by atoms with van der Waals surface area (Å²) in [6.07, 6.45) is 0. The van der Waals surface area contributed by atoms with Gasteiger partial charge in [0.2, 0.25) is 0 Å². The summed E-state index contributed by atoms with van der Waals surface area (Å²) in [6.45, 7) is 6.78. The molecule has 0 aliphatic carbocycles. The zero-order chi connectivity index (χ0) is 9.90. The van der Waals surface area contributed by atoms with Gasteiger partial charge in [-0.15, -0.1) is 11.3 Å². The summed E-state index contributed by atoms with van der Waals surface area (Å²) >= 11 is 1.59. The fourth-order valence-electron chi connectivity index (χ4n) is 1.28. The minimum absolute atomic E-state index is 0.0798. The molecule has 0 aromatic carbocycles. The van der Waals surface area contributed by atoms with Crippen LogP contribution in [0, 0.1) is 0 Å². The summed E-state index contributed by atoms with van der Waals surface area (Å²) in [5, 5.41) is 15.4. The summed E-state index contributed by atoms with van der Waals surface area (Å²) in [5.74, 6) is 0. The SMILES string of the molecule is CCNC(C)C(C)(O)c1cccs1. The van der Waals surface area contributed by atoms with E-state index in [1.165, 1.54) is 0 Å². The van der Waals surface area contributed by atoms with Crippen LogP contribution in [-0.2, 0) is 5.60 Å². The number of aliphatic hydroxyl groups is 1.